The summed E-state index contributed by atoms with van der Waals surface area (Å²) in [5.74, 6) is 0.565. The van der Waals surface area contributed by atoms with E-state index in [1.807, 2.05) is 30.3 Å². The van der Waals surface area contributed by atoms with Gasteiger partial charge in [-0.05, 0) is 60.7 Å². The Morgan fingerprint density at radius 1 is 0.714 bits per heavy atom. The summed E-state index contributed by atoms with van der Waals surface area (Å²) in [5.41, 5.74) is 0.914. The minimum atomic E-state index is -3.61. The van der Waals surface area contributed by atoms with E-state index in [2.05, 4.69) is 0 Å². The number of hydrogen-bond donors (Lipinski definition) is 0. The summed E-state index contributed by atoms with van der Waals surface area (Å²) in [4.78, 5) is 27.9. The van der Waals surface area contributed by atoms with Crippen LogP contribution < -0.4 is 23.7 Å². The fourth-order valence-corrected chi connectivity index (χ4v) is 8.18. The molecule has 0 aromatic heterocycles. The van der Waals surface area contributed by atoms with Crippen molar-refractivity contribution in [2.24, 2.45) is 0 Å². The van der Waals surface area contributed by atoms with Gasteiger partial charge < -0.3 is 18.8 Å². The van der Waals surface area contributed by atoms with Gasteiger partial charge in [-0.25, -0.2) is 4.90 Å². The van der Waals surface area contributed by atoms with Crippen LogP contribution in [0.25, 0.3) is 0 Å². The molecule has 0 bridgehead atoms. The number of benzene rings is 3. The molecule has 0 radical (unpaired) electrons. The zero-order chi connectivity index (χ0) is 24.6. The number of hydrogen-bond acceptors (Lipinski definition) is 5. The molecule has 8 nitrogen and oxygen atoms in total. The van der Waals surface area contributed by atoms with Crippen molar-refractivity contribution < 1.29 is 23.6 Å². The minimum absolute atomic E-state index is 0.121. The summed E-state index contributed by atoms with van der Waals surface area (Å²) >= 11 is 0. The maximum Gasteiger partial charge on any atom is 0.275 e. The lowest BCUT2D eigenvalue weighted by atomic mass is 10.3. The molecule has 2 aliphatic heterocycles. The first-order valence-electron chi connectivity index (χ1n) is 11.3. The number of rotatable bonds is 6. The summed E-state index contributed by atoms with van der Waals surface area (Å²) in [6.45, 7) is 0.887. The average Bonchev–Trinajstić information content (AvgIpc) is 3.41. The molecular formula is C26H26N3O5P. The zero-order valence-electron chi connectivity index (χ0n) is 19.5. The molecule has 0 spiro atoms. The van der Waals surface area contributed by atoms with Crippen LogP contribution in [-0.2, 0) is 14.2 Å². The monoisotopic (exact) mass is 491 g/mol. The number of anilines is 3. The van der Waals surface area contributed by atoms with E-state index in [4.69, 9.17) is 9.47 Å². The van der Waals surface area contributed by atoms with Gasteiger partial charge in [0.1, 0.15) is 17.2 Å². The van der Waals surface area contributed by atoms with E-state index < -0.39 is 19.0 Å². The number of ether oxygens (including phenoxy) is 2. The van der Waals surface area contributed by atoms with Crippen molar-refractivity contribution >= 4 is 36.3 Å². The summed E-state index contributed by atoms with van der Waals surface area (Å²) in [7, 11) is -0.436. The molecule has 3 aromatic rings. The standard InChI is InChI=1S/C26H26N3O5P/c1-33-22-12-8-19(9-13-22)27-16-17-28(20-10-14-23(34-2)15-11-20)35(27,32)24-18-25(30)29(26(24)31)21-6-4-3-5-7-21/h3-15,24H,16-18H2,1-2H3. The molecule has 2 fully saturated rings. The zero-order valence-corrected chi connectivity index (χ0v) is 20.4. The van der Waals surface area contributed by atoms with E-state index in [0.29, 0.717) is 41.7 Å². The van der Waals surface area contributed by atoms with Crippen molar-refractivity contribution in [1.82, 2.24) is 0 Å². The lowest BCUT2D eigenvalue weighted by Crippen LogP contribution is -2.36. The minimum Gasteiger partial charge on any atom is -0.497 e. The first-order chi connectivity index (χ1) is 17.0. The molecule has 0 aliphatic carbocycles. The highest BCUT2D eigenvalue weighted by Crippen LogP contribution is 2.65. The molecule has 0 N–H and O–H groups in total. The Hall–Kier alpha value is -3.77. The summed E-state index contributed by atoms with van der Waals surface area (Å²) < 4.78 is 29.2. The molecule has 3 aromatic carbocycles. The van der Waals surface area contributed by atoms with Crippen LogP contribution in [0, 0.1) is 0 Å². The van der Waals surface area contributed by atoms with E-state index in [-0.39, 0.29) is 12.3 Å². The van der Waals surface area contributed by atoms with Gasteiger partial charge >= 0.3 is 0 Å². The molecule has 2 aliphatic rings. The maximum absolute atomic E-state index is 15.1. The van der Waals surface area contributed by atoms with Crippen LogP contribution in [0.2, 0.25) is 0 Å². The van der Waals surface area contributed by atoms with Crippen molar-refractivity contribution in [1.29, 1.82) is 0 Å². The van der Waals surface area contributed by atoms with Gasteiger partial charge in [0.25, 0.3) is 7.44 Å². The SMILES string of the molecule is COc1ccc(N2CCN(c3ccc(OC)cc3)P2(=O)C2CC(=O)N(c3ccccc3)C2=O)cc1. The number of para-hydroxylation sites is 1. The van der Waals surface area contributed by atoms with E-state index in [0.717, 1.165) is 0 Å². The molecule has 9 heteroatoms. The number of nitrogens with zero attached hydrogens (tertiary/aromatic N) is 3. The second kappa shape index (κ2) is 9.12. The largest absolute Gasteiger partial charge is 0.497 e. The van der Waals surface area contributed by atoms with Crippen LogP contribution in [0.15, 0.2) is 78.9 Å². The quantitative estimate of drug-likeness (QED) is 0.370. The van der Waals surface area contributed by atoms with E-state index in [1.165, 1.54) is 4.90 Å². The van der Waals surface area contributed by atoms with Gasteiger partial charge in [-0.15, -0.1) is 0 Å². The molecule has 2 amide bonds. The average molecular weight is 491 g/mol. The Labute approximate surface area is 204 Å². The third kappa shape index (κ3) is 3.84. The van der Waals surface area contributed by atoms with E-state index >= 15 is 4.57 Å². The van der Waals surface area contributed by atoms with Gasteiger partial charge in [-0.3, -0.25) is 14.2 Å². The van der Waals surface area contributed by atoms with Crippen molar-refractivity contribution in [2.45, 2.75) is 12.1 Å². The Balaban J connectivity index is 1.59. The molecule has 2 heterocycles. The van der Waals surface area contributed by atoms with Crippen LogP contribution in [0.3, 0.4) is 0 Å². The van der Waals surface area contributed by atoms with E-state index in [1.54, 1.807) is 72.1 Å². The fraction of sp³-hybridized carbons (Fsp3) is 0.231. The van der Waals surface area contributed by atoms with Gasteiger partial charge in [0.2, 0.25) is 11.8 Å². The first kappa shape index (κ1) is 23.0. The Bertz CT molecular complexity index is 1220. The highest BCUT2D eigenvalue weighted by atomic mass is 31.2. The second-order valence-corrected chi connectivity index (χ2v) is 11.1. The summed E-state index contributed by atoms with van der Waals surface area (Å²) in [6, 6.07) is 23.3. The van der Waals surface area contributed by atoms with E-state index in [9.17, 15) is 9.59 Å². The molecule has 0 saturated carbocycles. The van der Waals surface area contributed by atoms with Crippen LogP contribution in [-0.4, -0.2) is 44.8 Å². The smallest absolute Gasteiger partial charge is 0.275 e. The van der Waals surface area contributed by atoms with Crippen LogP contribution in [0.1, 0.15) is 6.42 Å². The van der Waals surface area contributed by atoms with Crippen molar-refractivity contribution in [2.75, 3.05) is 41.5 Å². The molecule has 1 unspecified atom stereocenters. The van der Waals surface area contributed by atoms with Crippen LogP contribution in [0.5, 0.6) is 11.5 Å². The van der Waals surface area contributed by atoms with Crippen molar-refractivity contribution in [3.05, 3.63) is 78.9 Å². The van der Waals surface area contributed by atoms with Gasteiger partial charge in [0, 0.05) is 30.9 Å². The second-order valence-electron chi connectivity index (χ2n) is 8.35. The molecule has 2 saturated heterocycles. The number of methoxy groups -OCH3 is 2. The lowest BCUT2D eigenvalue weighted by Gasteiger charge is -2.35. The van der Waals surface area contributed by atoms with Crippen LogP contribution >= 0.6 is 7.44 Å². The molecule has 35 heavy (non-hydrogen) atoms. The van der Waals surface area contributed by atoms with Gasteiger partial charge in [0.15, 0.2) is 0 Å². The number of amides is 2. The highest BCUT2D eigenvalue weighted by Gasteiger charge is 2.57. The molecule has 1 atom stereocenters. The predicted molar refractivity (Wildman–Crippen MR) is 136 cm³/mol. The molecule has 180 valence electrons. The summed E-state index contributed by atoms with van der Waals surface area (Å²) in [5, 5.41) is 0. The van der Waals surface area contributed by atoms with Gasteiger partial charge in [0.05, 0.1) is 19.9 Å². The maximum atomic E-state index is 15.1. The van der Waals surface area contributed by atoms with Gasteiger partial charge in [-0.2, -0.15) is 0 Å². The third-order valence-electron chi connectivity index (χ3n) is 6.50. The Morgan fingerprint density at radius 3 is 1.66 bits per heavy atom. The van der Waals surface area contributed by atoms with Gasteiger partial charge in [-0.1, -0.05) is 18.2 Å². The highest BCUT2D eigenvalue weighted by molar-refractivity contribution is 7.69. The lowest BCUT2D eigenvalue weighted by molar-refractivity contribution is -0.121. The Kier molecular flexibility index (Phi) is 5.99. The van der Waals surface area contributed by atoms with Crippen LogP contribution in [0.4, 0.5) is 17.1 Å². The first-order valence-corrected chi connectivity index (χ1v) is 13.0. The Morgan fingerprint density at radius 2 is 1.20 bits per heavy atom. The third-order valence-corrected chi connectivity index (χ3v) is 9.96. The van der Waals surface area contributed by atoms with Crippen molar-refractivity contribution in [3.8, 4) is 11.5 Å². The number of carbonyl (C=O) groups excluding carboxylic acids is 2. The normalized spacial score (nSPS) is 19.4. The topological polar surface area (TPSA) is 79.4 Å². The number of carbonyl (C=O) groups is 2. The summed E-state index contributed by atoms with van der Waals surface area (Å²) in [6.07, 6.45) is -0.121. The van der Waals surface area contributed by atoms with Crippen molar-refractivity contribution in [3.63, 3.8) is 0 Å². The fourth-order valence-electron chi connectivity index (χ4n) is 4.77. The molecule has 5 rings (SSSR count). The number of imide groups is 1. The molecular weight excluding hydrogens is 465 g/mol. The predicted octanol–water partition coefficient (Wildman–Crippen LogP) is 4.56.